The molecule has 3 atom stereocenters. The molecule has 0 saturated heterocycles. The van der Waals surface area contributed by atoms with Gasteiger partial charge in [-0.2, -0.15) is 0 Å². The topological polar surface area (TPSA) is 114 Å². The molecule has 0 spiro atoms. The van der Waals surface area contributed by atoms with Gasteiger partial charge in [0, 0.05) is 23.3 Å². The van der Waals surface area contributed by atoms with Crippen LogP contribution in [0.2, 0.25) is 0 Å². The van der Waals surface area contributed by atoms with Crippen molar-refractivity contribution in [2.24, 2.45) is 5.92 Å². The molecule has 0 aromatic heterocycles. The van der Waals surface area contributed by atoms with E-state index < -0.39 is 41.8 Å². The van der Waals surface area contributed by atoms with Gasteiger partial charge in [-0.25, -0.2) is 4.79 Å². The Labute approximate surface area is 215 Å². The van der Waals surface area contributed by atoms with Gasteiger partial charge in [0.15, 0.2) is 0 Å². The van der Waals surface area contributed by atoms with Gasteiger partial charge in [-0.05, 0) is 52.6 Å². The molecular weight excluding hydrogens is 549 g/mol. The summed E-state index contributed by atoms with van der Waals surface area (Å²) in [6.45, 7) is 12.6. The van der Waals surface area contributed by atoms with Crippen molar-refractivity contribution in [3.05, 3.63) is 58.2 Å². The number of esters is 1. The van der Waals surface area contributed by atoms with Crippen LogP contribution in [0, 0.1) is 9.49 Å². The third kappa shape index (κ3) is 10.5. The number of methoxy groups -OCH3 is 1. The van der Waals surface area contributed by atoms with Crippen LogP contribution >= 0.6 is 22.6 Å². The molecule has 0 unspecified atom stereocenters. The lowest BCUT2D eigenvalue weighted by molar-refractivity contribution is -0.146. The van der Waals surface area contributed by atoms with Crippen LogP contribution in [0.5, 0.6) is 0 Å². The molecule has 0 bridgehead atoms. The number of rotatable bonds is 13. The van der Waals surface area contributed by atoms with Gasteiger partial charge in [0.2, 0.25) is 17.7 Å². The first kappa shape index (κ1) is 29.3. The fraction of sp³-hybridized carbons (Fsp3) is 0.440. The van der Waals surface area contributed by atoms with E-state index in [0.29, 0.717) is 12.0 Å². The van der Waals surface area contributed by atoms with E-state index in [2.05, 4.69) is 51.7 Å². The lowest BCUT2D eigenvalue weighted by Gasteiger charge is -2.25. The molecule has 186 valence electrons. The number of nitrogens with one attached hydrogen (secondary N) is 3. The Morgan fingerprint density at radius 2 is 1.56 bits per heavy atom. The van der Waals surface area contributed by atoms with Crippen LogP contribution in [0.15, 0.2) is 49.1 Å². The standard InChI is InChI=1S/C25H34IN3O5/c1-7-16(4)13-20(27-17(5)30)23(31)28-21(14-18-8-10-19(26)11-9-18)24(32)29-22(12-15(2)3)25(33)34-6/h7-11,15,20-22H,1,4,12-14H2,2-3,5-6H3,(H,27,30)(H,28,31)(H,29,32)/t20-,21+,22+/m1/s1. The van der Waals surface area contributed by atoms with E-state index in [0.717, 1.165) is 9.13 Å². The quantitative estimate of drug-likeness (QED) is 0.188. The number of halogens is 1. The largest absolute Gasteiger partial charge is 0.467 e. The van der Waals surface area contributed by atoms with Gasteiger partial charge in [0.05, 0.1) is 7.11 Å². The number of amides is 3. The Balaban J connectivity index is 3.17. The molecule has 1 aromatic carbocycles. The third-order valence-electron chi connectivity index (χ3n) is 4.94. The zero-order valence-corrected chi connectivity index (χ0v) is 22.3. The molecule has 0 aliphatic carbocycles. The van der Waals surface area contributed by atoms with Crippen LogP contribution in [0.4, 0.5) is 0 Å². The highest BCUT2D eigenvalue weighted by Crippen LogP contribution is 2.12. The fourth-order valence-electron chi connectivity index (χ4n) is 3.24. The fourth-order valence-corrected chi connectivity index (χ4v) is 3.60. The Morgan fingerprint density at radius 3 is 2.06 bits per heavy atom. The van der Waals surface area contributed by atoms with Gasteiger partial charge in [0.25, 0.3) is 0 Å². The van der Waals surface area contributed by atoms with Crippen LogP contribution in [0.1, 0.15) is 39.2 Å². The van der Waals surface area contributed by atoms with Gasteiger partial charge < -0.3 is 20.7 Å². The summed E-state index contributed by atoms with van der Waals surface area (Å²) < 4.78 is 5.87. The van der Waals surface area contributed by atoms with Crippen LogP contribution in [0.3, 0.4) is 0 Å². The molecule has 34 heavy (non-hydrogen) atoms. The Kier molecular flexibility index (Phi) is 12.6. The van der Waals surface area contributed by atoms with Crippen molar-refractivity contribution in [2.75, 3.05) is 7.11 Å². The molecular formula is C25H34IN3O5. The Hall–Kier alpha value is -2.69. The summed E-state index contributed by atoms with van der Waals surface area (Å²) in [6, 6.07) is 4.77. The normalized spacial score (nSPS) is 13.2. The average Bonchev–Trinajstić information content (AvgIpc) is 2.77. The molecule has 0 radical (unpaired) electrons. The average molecular weight is 583 g/mol. The minimum Gasteiger partial charge on any atom is -0.467 e. The Bertz CT molecular complexity index is 898. The molecule has 1 rings (SSSR count). The molecule has 0 fully saturated rings. The first-order chi connectivity index (χ1) is 16.0. The van der Waals surface area contributed by atoms with E-state index in [4.69, 9.17) is 4.74 Å². The maximum atomic E-state index is 13.2. The van der Waals surface area contributed by atoms with E-state index >= 15 is 0 Å². The smallest absolute Gasteiger partial charge is 0.328 e. The number of carbonyl (C=O) groups is 4. The lowest BCUT2D eigenvalue weighted by Crippen LogP contribution is -2.56. The number of carbonyl (C=O) groups excluding carboxylic acids is 4. The number of hydrogen-bond acceptors (Lipinski definition) is 5. The maximum absolute atomic E-state index is 13.2. The van der Waals surface area contributed by atoms with Crippen molar-refractivity contribution < 1.29 is 23.9 Å². The second kappa shape index (κ2) is 14.5. The number of benzene rings is 1. The van der Waals surface area contributed by atoms with Crippen molar-refractivity contribution in [3.8, 4) is 0 Å². The van der Waals surface area contributed by atoms with Crippen LogP contribution in [-0.2, 0) is 30.3 Å². The van der Waals surface area contributed by atoms with Gasteiger partial charge in [-0.3, -0.25) is 14.4 Å². The molecule has 0 saturated carbocycles. The Morgan fingerprint density at radius 1 is 1.00 bits per heavy atom. The highest BCUT2D eigenvalue weighted by molar-refractivity contribution is 14.1. The zero-order chi connectivity index (χ0) is 25.8. The number of hydrogen-bond donors (Lipinski definition) is 3. The molecule has 1 aromatic rings. The van der Waals surface area contributed by atoms with Gasteiger partial charge in [-0.15, -0.1) is 0 Å². The second-order valence-electron chi connectivity index (χ2n) is 8.43. The summed E-state index contributed by atoms with van der Waals surface area (Å²) in [5.41, 5.74) is 1.39. The molecule has 0 aliphatic rings. The summed E-state index contributed by atoms with van der Waals surface area (Å²) in [6.07, 6.45) is 2.23. The van der Waals surface area contributed by atoms with E-state index in [1.54, 1.807) is 0 Å². The van der Waals surface area contributed by atoms with Crippen molar-refractivity contribution in [1.82, 2.24) is 16.0 Å². The predicted octanol–water partition coefficient (Wildman–Crippen LogP) is 2.66. The highest BCUT2D eigenvalue weighted by Gasteiger charge is 2.30. The maximum Gasteiger partial charge on any atom is 0.328 e. The van der Waals surface area contributed by atoms with Crippen LogP contribution in [0.25, 0.3) is 0 Å². The number of allylic oxidation sites excluding steroid dienone is 1. The summed E-state index contributed by atoms with van der Waals surface area (Å²) in [7, 11) is 1.26. The van der Waals surface area contributed by atoms with E-state index in [-0.39, 0.29) is 18.8 Å². The molecule has 3 amide bonds. The molecule has 3 N–H and O–H groups in total. The van der Waals surface area contributed by atoms with Gasteiger partial charge in [0.1, 0.15) is 18.1 Å². The summed E-state index contributed by atoms with van der Waals surface area (Å²) in [4.78, 5) is 50.2. The van der Waals surface area contributed by atoms with Crippen LogP contribution in [-0.4, -0.2) is 48.9 Å². The highest BCUT2D eigenvalue weighted by atomic mass is 127. The monoisotopic (exact) mass is 583 g/mol. The molecule has 0 heterocycles. The zero-order valence-electron chi connectivity index (χ0n) is 20.2. The van der Waals surface area contributed by atoms with E-state index in [1.807, 2.05) is 38.1 Å². The molecule has 9 heteroatoms. The molecule has 8 nitrogen and oxygen atoms in total. The SMILES string of the molecule is C=CC(=C)C[C@@H](NC(C)=O)C(=O)N[C@@H](Cc1ccc(I)cc1)C(=O)N[C@@H](CC(C)C)C(=O)OC. The van der Waals surface area contributed by atoms with Crippen molar-refractivity contribution in [1.29, 1.82) is 0 Å². The van der Waals surface area contributed by atoms with Crippen molar-refractivity contribution in [2.45, 2.75) is 58.2 Å². The molecule has 0 aliphatic heterocycles. The predicted molar refractivity (Wildman–Crippen MR) is 140 cm³/mol. The van der Waals surface area contributed by atoms with Crippen molar-refractivity contribution in [3.63, 3.8) is 0 Å². The van der Waals surface area contributed by atoms with E-state index in [1.165, 1.54) is 20.1 Å². The summed E-state index contributed by atoms with van der Waals surface area (Å²) in [5, 5.41) is 8.04. The van der Waals surface area contributed by atoms with Crippen LogP contribution < -0.4 is 16.0 Å². The third-order valence-corrected chi connectivity index (χ3v) is 5.66. The van der Waals surface area contributed by atoms with E-state index in [9.17, 15) is 19.2 Å². The number of ether oxygens (including phenoxy) is 1. The van der Waals surface area contributed by atoms with Gasteiger partial charge >= 0.3 is 5.97 Å². The lowest BCUT2D eigenvalue weighted by atomic mass is 10.0. The minimum atomic E-state index is -0.986. The van der Waals surface area contributed by atoms with Crippen molar-refractivity contribution >= 4 is 46.3 Å². The summed E-state index contributed by atoms with van der Waals surface area (Å²) >= 11 is 2.18. The second-order valence-corrected chi connectivity index (χ2v) is 9.67. The first-order valence-corrected chi connectivity index (χ1v) is 12.0. The summed E-state index contributed by atoms with van der Waals surface area (Å²) in [5.74, 6) is -1.88. The first-order valence-electron chi connectivity index (χ1n) is 11.0. The minimum absolute atomic E-state index is 0.128. The van der Waals surface area contributed by atoms with Gasteiger partial charge in [-0.1, -0.05) is 50.8 Å².